The van der Waals surface area contributed by atoms with Gasteiger partial charge in [0.05, 0.1) is 0 Å². The number of benzene rings is 5. The molecule has 0 N–H and O–H groups in total. The monoisotopic (exact) mass is 564 g/mol. The van der Waals surface area contributed by atoms with Gasteiger partial charge >= 0.3 is 0 Å². The van der Waals surface area contributed by atoms with Gasteiger partial charge in [-0.15, -0.1) is 0 Å². The highest BCUT2D eigenvalue weighted by Gasteiger charge is 2.41. The van der Waals surface area contributed by atoms with Crippen LogP contribution in [0.3, 0.4) is 0 Å². The summed E-state index contributed by atoms with van der Waals surface area (Å²) in [7, 11) is 0. The lowest BCUT2D eigenvalue weighted by molar-refractivity contribution is 0.724. The molecule has 0 bridgehead atoms. The van der Waals surface area contributed by atoms with Gasteiger partial charge in [-0.2, -0.15) is 0 Å². The molecule has 2 atom stereocenters. The van der Waals surface area contributed by atoms with E-state index in [1.54, 1.807) is 0 Å². The summed E-state index contributed by atoms with van der Waals surface area (Å²) in [5, 5.41) is 2.76. The molecule has 0 heterocycles. The van der Waals surface area contributed by atoms with Crippen molar-refractivity contribution >= 4 is 21.9 Å². The molecule has 0 radical (unpaired) electrons. The maximum Gasteiger partial charge on any atom is 0.0205 e. The Bertz CT molecular complexity index is 2280. The fourth-order valence-electron chi connectivity index (χ4n) is 9.01. The number of aryl methyl sites for hydroxylation is 2. The van der Waals surface area contributed by atoms with Gasteiger partial charge < -0.3 is 0 Å². The Hall–Kier alpha value is -4.68. The van der Waals surface area contributed by atoms with E-state index in [1.165, 1.54) is 111 Å². The lowest BCUT2D eigenvalue weighted by atomic mass is 9.72. The number of fused-ring (bicyclic) bond motifs is 6. The first-order chi connectivity index (χ1) is 21.3. The predicted molar refractivity (Wildman–Crippen MR) is 188 cm³/mol. The van der Waals surface area contributed by atoms with Crippen molar-refractivity contribution in [3.8, 4) is 33.4 Å². The van der Waals surface area contributed by atoms with Crippen LogP contribution in [0.15, 0.2) is 103 Å². The number of allylic oxidation sites excluding steroid dienone is 8. The van der Waals surface area contributed by atoms with Crippen LogP contribution >= 0.6 is 0 Å². The van der Waals surface area contributed by atoms with Crippen LogP contribution in [-0.2, 0) is 0 Å². The minimum absolute atomic E-state index is 0.388. The van der Waals surface area contributed by atoms with Gasteiger partial charge in [0.25, 0.3) is 0 Å². The molecule has 0 spiro atoms. The number of rotatable bonds is 2. The van der Waals surface area contributed by atoms with Gasteiger partial charge in [0, 0.05) is 11.8 Å². The highest BCUT2D eigenvalue weighted by atomic mass is 14.4. The van der Waals surface area contributed by atoms with E-state index in [9.17, 15) is 0 Å². The topological polar surface area (TPSA) is 0 Å². The third-order valence-electron chi connectivity index (χ3n) is 11.2. The predicted octanol–water partition coefficient (Wildman–Crippen LogP) is 11.7. The minimum Gasteiger partial charge on any atom is -0.0754 e. The van der Waals surface area contributed by atoms with Crippen molar-refractivity contribution in [2.45, 2.75) is 47.5 Å². The van der Waals surface area contributed by atoms with Crippen molar-refractivity contribution in [1.29, 1.82) is 0 Å². The molecule has 0 fully saturated rings. The third-order valence-corrected chi connectivity index (χ3v) is 11.2. The highest BCUT2D eigenvalue weighted by Crippen LogP contribution is 2.57. The molecule has 0 aliphatic heterocycles. The van der Waals surface area contributed by atoms with E-state index < -0.39 is 0 Å². The summed E-state index contributed by atoms with van der Waals surface area (Å²) in [5.74, 6) is 0.799. The van der Waals surface area contributed by atoms with Gasteiger partial charge in [-0.3, -0.25) is 0 Å². The van der Waals surface area contributed by atoms with Crippen LogP contribution in [0.4, 0.5) is 0 Å². The van der Waals surface area contributed by atoms with E-state index in [4.69, 9.17) is 0 Å². The smallest absolute Gasteiger partial charge is 0.0205 e. The van der Waals surface area contributed by atoms with Crippen molar-refractivity contribution in [3.05, 3.63) is 153 Å². The normalized spacial score (nSPS) is 18.5. The first-order valence-corrected chi connectivity index (χ1v) is 16.0. The first kappa shape index (κ1) is 25.8. The Morgan fingerprint density at radius 3 is 2.09 bits per heavy atom. The molecule has 0 aromatic heterocycles. The van der Waals surface area contributed by atoms with Crippen molar-refractivity contribution in [2.24, 2.45) is 5.92 Å². The summed E-state index contributed by atoms with van der Waals surface area (Å²) in [6, 6.07) is 25.6. The van der Waals surface area contributed by atoms with Gasteiger partial charge in [0.1, 0.15) is 0 Å². The fraction of sp³-hybridized carbons (Fsp3) is 0.182. The summed E-state index contributed by atoms with van der Waals surface area (Å²) in [6.07, 6.45) is 12.0. The van der Waals surface area contributed by atoms with E-state index in [1.807, 2.05) is 0 Å². The molecule has 4 aliphatic carbocycles. The van der Waals surface area contributed by atoms with Gasteiger partial charge in [0.15, 0.2) is 0 Å². The van der Waals surface area contributed by atoms with Gasteiger partial charge in [-0.1, -0.05) is 108 Å². The zero-order valence-corrected chi connectivity index (χ0v) is 26.4. The third kappa shape index (κ3) is 3.24. The molecular weight excluding hydrogens is 528 g/mol. The second kappa shape index (κ2) is 8.93. The maximum atomic E-state index is 2.49. The second-order valence-electron chi connectivity index (χ2n) is 13.5. The summed E-state index contributed by atoms with van der Waals surface area (Å²) >= 11 is 0. The Balaban J connectivity index is 1.28. The van der Waals surface area contributed by atoms with Gasteiger partial charge in [-0.05, 0) is 141 Å². The van der Waals surface area contributed by atoms with Crippen molar-refractivity contribution in [1.82, 2.24) is 0 Å². The molecule has 5 aromatic rings. The zero-order chi connectivity index (χ0) is 30.0. The highest BCUT2D eigenvalue weighted by molar-refractivity contribution is 6.19. The van der Waals surface area contributed by atoms with E-state index in [0.717, 1.165) is 0 Å². The quantitative estimate of drug-likeness (QED) is 0.196. The largest absolute Gasteiger partial charge is 0.0754 e. The average molecular weight is 565 g/mol. The molecule has 5 aromatic carbocycles. The van der Waals surface area contributed by atoms with Gasteiger partial charge in [0.2, 0.25) is 0 Å². The molecule has 0 nitrogen and oxygen atoms in total. The van der Waals surface area contributed by atoms with Crippen LogP contribution < -0.4 is 0 Å². The Kier molecular flexibility index (Phi) is 5.23. The average Bonchev–Trinajstić information content (AvgIpc) is 3.52. The zero-order valence-electron chi connectivity index (χ0n) is 26.4. The Morgan fingerprint density at radius 2 is 1.25 bits per heavy atom. The summed E-state index contributed by atoms with van der Waals surface area (Å²) < 4.78 is 0. The maximum absolute atomic E-state index is 2.49. The van der Waals surface area contributed by atoms with E-state index >= 15 is 0 Å². The molecule has 0 heteroatoms. The van der Waals surface area contributed by atoms with Crippen LogP contribution in [0.5, 0.6) is 0 Å². The summed E-state index contributed by atoms with van der Waals surface area (Å²) in [4.78, 5) is 0. The van der Waals surface area contributed by atoms with E-state index in [0.29, 0.717) is 11.8 Å². The van der Waals surface area contributed by atoms with Crippen molar-refractivity contribution in [3.63, 3.8) is 0 Å². The molecule has 44 heavy (non-hydrogen) atoms. The van der Waals surface area contributed by atoms with Crippen molar-refractivity contribution < 1.29 is 0 Å². The molecular formula is C44H36. The minimum atomic E-state index is 0.388. The van der Waals surface area contributed by atoms with Crippen LogP contribution in [0.2, 0.25) is 0 Å². The second-order valence-corrected chi connectivity index (χ2v) is 13.5. The summed E-state index contributed by atoms with van der Waals surface area (Å²) in [5.41, 5.74) is 25.1. The van der Waals surface area contributed by atoms with Crippen LogP contribution in [0.25, 0.3) is 55.3 Å². The van der Waals surface area contributed by atoms with Crippen molar-refractivity contribution in [2.75, 3.05) is 0 Å². The molecule has 0 amide bonds. The Labute approximate surface area is 260 Å². The molecule has 212 valence electrons. The van der Waals surface area contributed by atoms with Crippen LogP contribution in [0.1, 0.15) is 56.0 Å². The molecule has 4 aliphatic rings. The number of hydrogen-bond donors (Lipinski definition) is 0. The fourth-order valence-corrected chi connectivity index (χ4v) is 9.01. The molecule has 9 rings (SSSR count). The van der Waals surface area contributed by atoms with Crippen LogP contribution in [-0.4, -0.2) is 0 Å². The lowest BCUT2D eigenvalue weighted by Gasteiger charge is -2.31. The molecule has 0 saturated carbocycles. The Morgan fingerprint density at radius 1 is 0.545 bits per heavy atom. The number of hydrogen-bond acceptors (Lipinski definition) is 0. The SMILES string of the molecule is Cc1ccc2c(c1)-c1cccc3c(-c4c(C)c(C)c(C)c(C5=C6C=CC=C7c8ccc(C)cc8C(C=C5)C76)c4C)ccc-2c13. The molecule has 2 unspecified atom stereocenters. The van der Waals surface area contributed by atoms with E-state index in [-0.39, 0.29) is 0 Å². The first-order valence-electron chi connectivity index (χ1n) is 16.0. The lowest BCUT2D eigenvalue weighted by Crippen LogP contribution is -2.15. The van der Waals surface area contributed by atoms with Gasteiger partial charge in [-0.25, -0.2) is 0 Å². The van der Waals surface area contributed by atoms with E-state index in [2.05, 4.69) is 139 Å². The molecule has 0 saturated heterocycles. The summed E-state index contributed by atoms with van der Waals surface area (Å²) in [6.45, 7) is 13.8. The van der Waals surface area contributed by atoms with Crippen LogP contribution in [0, 0.1) is 47.5 Å². The standard InChI is InChI=1S/C44H36/c1-23-14-16-30-35-17-18-36(33-11-8-12-34(44(33)35)39(30)21-23)41-26(4)25(3)27(5)42(28(41)6)37-19-20-38-40-22-24(2)13-15-29(40)31-9-7-10-32(37)43(31)38/h7-22,38,43H,1-6H3.